The van der Waals surface area contributed by atoms with E-state index in [1.54, 1.807) is 29.0 Å². The number of nitriles is 1. The molecule has 46 heavy (non-hydrogen) atoms. The minimum atomic E-state index is -2.88. The van der Waals surface area contributed by atoms with Gasteiger partial charge in [-0.15, -0.1) is 0 Å². The fourth-order valence-corrected chi connectivity index (χ4v) is 7.30. The molecular weight excluding hydrogens is 646 g/mol. The average molecular weight is 682 g/mol. The molecule has 4 aromatic rings. The van der Waals surface area contributed by atoms with Gasteiger partial charge >= 0.3 is 6.01 Å². The highest BCUT2D eigenvalue weighted by atomic mass is 35.5. The van der Waals surface area contributed by atoms with E-state index in [4.69, 9.17) is 45.8 Å². The van der Waals surface area contributed by atoms with E-state index in [2.05, 4.69) is 30.2 Å². The fourth-order valence-electron chi connectivity index (χ4n) is 5.45. The van der Waals surface area contributed by atoms with Crippen LogP contribution in [-0.2, 0) is 30.6 Å². The van der Waals surface area contributed by atoms with Gasteiger partial charge < -0.3 is 24.1 Å². The number of hydrogen-bond donors (Lipinski definition) is 2. The molecular formula is C32H36ClN5O6SSi. The normalized spacial score (nSPS) is 22.3. The van der Waals surface area contributed by atoms with Crippen LogP contribution in [0.1, 0.15) is 0 Å². The summed E-state index contributed by atoms with van der Waals surface area (Å²) in [6.07, 6.45) is -0.257. The summed E-state index contributed by atoms with van der Waals surface area (Å²) < 4.78 is 40.6. The molecule has 6 rings (SSSR count). The van der Waals surface area contributed by atoms with Crippen LogP contribution in [0.4, 0.5) is 0 Å². The molecule has 0 aliphatic carbocycles. The molecule has 0 radical (unpaired) electrons. The minimum Gasteiger partial charge on any atom is -0.456 e. The molecule has 2 aromatic carbocycles. The fraction of sp³-hybridized carbons (Fsp3) is 0.375. The molecule has 11 nitrogen and oxygen atoms in total. The van der Waals surface area contributed by atoms with Crippen molar-refractivity contribution in [3.05, 3.63) is 59.6 Å². The summed E-state index contributed by atoms with van der Waals surface area (Å²) in [5, 5.41) is 19.5. The third kappa shape index (κ3) is 6.79. The number of aliphatic hydroxyl groups is 1. The molecule has 5 unspecified atom stereocenters. The van der Waals surface area contributed by atoms with Gasteiger partial charge in [-0.25, -0.2) is 13.9 Å². The lowest BCUT2D eigenvalue weighted by Gasteiger charge is -2.19. The maximum atomic E-state index is 12.5. The number of hydrogen-bond acceptors (Lipinski definition) is 9. The molecule has 0 saturated carbocycles. The highest BCUT2D eigenvalue weighted by Crippen LogP contribution is 2.35. The number of benzene rings is 2. The van der Waals surface area contributed by atoms with Crippen LogP contribution in [0.15, 0.2) is 59.5 Å². The number of aliphatic hydroxyl groups excluding tert-OH is 1. The molecule has 2 fully saturated rings. The summed E-state index contributed by atoms with van der Waals surface area (Å²) in [4.78, 5) is 10.1. The van der Waals surface area contributed by atoms with Crippen LogP contribution in [0.3, 0.4) is 0 Å². The van der Waals surface area contributed by atoms with Gasteiger partial charge in [0.2, 0.25) is 0 Å². The van der Waals surface area contributed by atoms with Crippen LogP contribution in [0.5, 0.6) is 6.01 Å². The van der Waals surface area contributed by atoms with Gasteiger partial charge in [0.1, 0.15) is 30.6 Å². The Bertz CT molecular complexity index is 1870. The third-order valence-corrected chi connectivity index (χ3v) is 11.5. The molecule has 0 spiro atoms. The SMILES string of the molecule is C=S(=O)(NC#N)c1ccc(-c2ccc(-c3nc4c(cc3Cl)nc(OC3COC5C(O)COC35)n4COCC[Si](C)(C)C)cc2)cc1. The number of nitrogens with zero attached hydrogens (tertiary/aromatic N) is 4. The van der Waals surface area contributed by atoms with E-state index < -0.39 is 42.2 Å². The van der Waals surface area contributed by atoms with Gasteiger partial charge in [-0.2, -0.15) is 10.2 Å². The van der Waals surface area contributed by atoms with Crippen LogP contribution in [0.2, 0.25) is 30.7 Å². The largest absolute Gasteiger partial charge is 0.456 e. The zero-order valence-electron chi connectivity index (χ0n) is 25.8. The zero-order chi connectivity index (χ0) is 32.6. The second-order valence-electron chi connectivity index (χ2n) is 12.6. The van der Waals surface area contributed by atoms with Crippen molar-refractivity contribution in [1.82, 2.24) is 19.3 Å². The number of pyridine rings is 1. The summed E-state index contributed by atoms with van der Waals surface area (Å²) in [5.74, 6) is 3.62. The van der Waals surface area contributed by atoms with Crippen molar-refractivity contribution in [2.75, 3.05) is 19.8 Å². The quantitative estimate of drug-likeness (QED) is 0.0758. The van der Waals surface area contributed by atoms with Crippen LogP contribution in [0, 0.1) is 11.5 Å². The topological polar surface area (TPSA) is 141 Å². The molecule has 5 atom stereocenters. The minimum absolute atomic E-state index is 0.188. The number of halogens is 1. The summed E-state index contributed by atoms with van der Waals surface area (Å²) in [6, 6.07) is 17.9. The van der Waals surface area contributed by atoms with Gasteiger partial charge in [0.05, 0.1) is 38.5 Å². The molecule has 242 valence electrons. The van der Waals surface area contributed by atoms with Crippen molar-refractivity contribution in [2.24, 2.45) is 0 Å². The van der Waals surface area contributed by atoms with Gasteiger partial charge in [-0.3, -0.25) is 4.57 Å². The van der Waals surface area contributed by atoms with Crippen molar-refractivity contribution in [1.29, 1.82) is 5.26 Å². The predicted molar refractivity (Wildman–Crippen MR) is 180 cm³/mol. The first-order valence-corrected chi connectivity index (χ1v) is 20.7. The molecule has 2 aliphatic rings. The van der Waals surface area contributed by atoms with E-state index in [0.717, 1.165) is 22.7 Å². The molecule has 0 amide bonds. The Labute approximate surface area is 274 Å². The van der Waals surface area contributed by atoms with Gasteiger partial charge in [0, 0.05) is 20.2 Å². The summed E-state index contributed by atoms with van der Waals surface area (Å²) in [7, 11) is -4.19. The zero-order valence-corrected chi connectivity index (χ0v) is 28.4. The van der Waals surface area contributed by atoms with E-state index >= 15 is 0 Å². The van der Waals surface area contributed by atoms with Gasteiger partial charge in [-0.1, -0.05) is 67.6 Å². The van der Waals surface area contributed by atoms with Crippen molar-refractivity contribution < 1.29 is 28.3 Å². The summed E-state index contributed by atoms with van der Waals surface area (Å²) in [5.41, 5.74) is 4.35. The van der Waals surface area contributed by atoms with E-state index in [1.807, 2.05) is 36.4 Å². The number of rotatable bonds is 11. The Kier molecular flexibility index (Phi) is 9.14. The first-order valence-electron chi connectivity index (χ1n) is 14.9. The first kappa shape index (κ1) is 32.5. The standard InChI is InChI=1S/C32H36ClN5O6SSi/c1-45(40,35-18-34)23-11-9-21(10-12-23)20-5-7-22(8-6-20)28-24(33)15-25-31(37-28)38(19-41-13-14-46(2,3)4)32(36-25)44-27-17-43-29-26(39)16-42-30(27)29/h5-12,15,26-27,29-30,39H,1,13-14,16-17,19H2,2-4H3,(H,35,40). The van der Waals surface area contributed by atoms with Crippen molar-refractivity contribution in [3.63, 3.8) is 0 Å². The van der Waals surface area contributed by atoms with Gasteiger partial charge in [0.25, 0.3) is 0 Å². The maximum Gasteiger partial charge on any atom is 0.301 e. The predicted octanol–water partition coefficient (Wildman–Crippen LogP) is 4.70. The lowest BCUT2D eigenvalue weighted by molar-refractivity contribution is 0.00336. The molecule has 2 saturated heterocycles. The van der Waals surface area contributed by atoms with E-state index in [1.165, 1.54) is 0 Å². The Morgan fingerprint density at radius 3 is 2.41 bits per heavy atom. The lowest BCUT2D eigenvalue weighted by Crippen LogP contribution is -2.35. The number of fused-ring (bicyclic) bond motifs is 2. The molecule has 0 bridgehead atoms. The van der Waals surface area contributed by atoms with Crippen molar-refractivity contribution in [2.45, 2.75) is 61.7 Å². The van der Waals surface area contributed by atoms with Crippen molar-refractivity contribution in [3.8, 4) is 34.6 Å². The second-order valence-corrected chi connectivity index (χ2v) is 20.7. The monoisotopic (exact) mass is 681 g/mol. The summed E-state index contributed by atoms with van der Waals surface area (Å²) in [6.45, 7) is 8.16. The summed E-state index contributed by atoms with van der Waals surface area (Å²) >= 11 is 6.77. The van der Waals surface area contributed by atoms with E-state index in [-0.39, 0.29) is 19.9 Å². The molecule has 2 N–H and O–H groups in total. The Morgan fingerprint density at radius 1 is 1.09 bits per heavy atom. The highest BCUT2D eigenvalue weighted by Gasteiger charge is 2.49. The molecule has 2 aromatic heterocycles. The molecule has 14 heteroatoms. The number of imidazole rings is 1. The second kappa shape index (κ2) is 13.0. The van der Waals surface area contributed by atoms with Gasteiger partial charge in [0.15, 0.2) is 17.9 Å². The number of ether oxygens (including phenoxy) is 4. The Hall–Kier alpha value is -3.48. The van der Waals surface area contributed by atoms with Crippen LogP contribution in [-0.4, -0.2) is 82.0 Å². The van der Waals surface area contributed by atoms with Crippen LogP contribution in [0.25, 0.3) is 33.5 Å². The average Bonchev–Trinajstić information content (AvgIpc) is 3.69. The van der Waals surface area contributed by atoms with Crippen LogP contribution < -0.4 is 9.46 Å². The van der Waals surface area contributed by atoms with Gasteiger partial charge in [-0.05, 0) is 41.2 Å². The van der Waals surface area contributed by atoms with Crippen LogP contribution >= 0.6 is 11.6 Å². The van der Waals surface area contributed by atoms with Crippen molar-refractivity contribution >= 4 is 46.4 Å². The third-order valence-electron chi connectivity index (χ3n) is 8.03. The number of nitrogens with one attached hydrogen (secondary N) is 1. The molecule has 2 aliphatic heterocycles. The highest BCUT2D eigenvalue weighted by molar-refractivity contribution is 7.98. The Morgan fingerprint density at radius 2 is 1.74 bits per heavy atom. The molecule has 4 heterocycles. The van der Waals surface area contributed by atoms with E-state index in [9.17, 15) is 9.32 Å². The lowest BCUT2D eigenvalue weighted by atomic mass is 10.0. The Balaban J connectivity index is 1.28. The number of aromatic nitrogens is 3. The first-order chi connectivity index (χ1) is 21.9. The smallest absolute Gasteiger partial charge is 0.301 e. The maximum absolute atomic E-state index is 12.5. The van der Waals surface area contributed by atoms with E-state index in [0.29, 0.717) is 39.4 Å².